The monoisotopic (exact) mass is 350 g/mol. The van der Waals surface area contributed by atoms with Crippen LogP contribution in [-0.4, -0.2) is 16.4 Å². The van der Waals surface area contributed by atoms with E-state index in [-0.39, 0.29) is 18.2 Å². The molecule has 0 N–H and O–H groups in total. The van der Waals surface area contributed by atoms with Crippen LogP contribution in [-0.2, 0) is 16.6 Å². The first kappa shape index (κ1) is 15.7. The van der Waals surface area contributed by atoms with Gasteiger partial charge >= 0.3 is 0 Å². The molecule has 124 valence electrons. The number of amides is 2. The van der Waals surface area contributed by atoms with Crippen molar-refractivity contribution in [1.82, 2.24) is 4.57 Å². The second kappa shape index (κ2) is 5.90. The van der Waals surface area contributed by atoms with Gasteiger partial charge in [-0.2, -0.15) is 0 Å². The van der Waals surface area contributed by atoms with Gasteiger partial charge in [0.25, 0.3) is 5.91 Å². The Morgan fingerprint density at radius 3 is 2.68 bits per heavy atom. The number of hydrogen-bond acceptors (Lipinski definition) is 2. The Morgan fingerprint density at radius 1 is 1.08 bits per heavy atom. The zero-order valence-electron chi connectivity index (χ0n) is 13.6. The molecule has 3 aromatic rings. The van der Waals surface area contributed by atoms with Gasteiger partial charge in [0.05, 0.1) is 12.1 Å². The lowest BCUT2D eigenvalue weighted by molar-refractivity contribution is -0.120. The third-order valence-electron chi connectivity index (χ3n) is 4.39. The van der Waals surface area contributed by atoms with Crippen LogP contribution in [0.15, 0.2) is 60.3 Å². The smallest absolute Gasteiger partial charge is 0.261 e. The Bertz CT molecular complexity index is 1050. The number of carbonyl (C=O) groups is 2. The summed E-state index contributed by atoms with van der Waals surface area (Å²) in [6, 6.07) is 14.7. The molecule has 0 unspecified atom stereocenters. The van der Waals surface area contributed by atoms with Crippen LogP contribution in [0, 0.1) is 0 Å². The first-order valence-corrected chi connectivity index (χ1v) is 8.30. The van der Waals surface area contributed by atoms with Crippen LogP contribution in [0.4, 0.5) is 5.69 Å². The van der Waals surface area contributed by atoms with Crippen LogP contribution < -0.4 is 4.90 Å². The lowest BCUT2D eigenvalue weighted by atomic mass is 10.1. The highest BCUT2D eigenvalue weighted by Gasteiger charge is 2.35. The average molecular weight is 351 g/mol. The number of benzene rings is 2. The number of nitrogens with zero attached hydrogens (tertiary/aromatic N) is 2. The first-order valence-electron chi connectivity index (χ1n) is 7.92. The molecule has 0 aliphatic carbocycles. The third-order valence-corrected chi connectivity index (χ3v) is 4.63. The van der Waals surface area contributed by atoms with Gasteiger partial charge in [-0.25, -0.2) is 4.90 Å². The quantitative estimate of drug-likeness (QED) is 0.514. The summed E-state index contributed by atoms with van der Waals surface area (Å²) in [5.74, 6) is -0.529. The summed E-state index contributed by atoms with van der Waals surface area (Å²) in [6.07, 6.45) is 3.87. The topological polar surface area (TPSA) is 42.3 Å². The van der Waals surface area contributed by atoms with Crippen LogP contribution in [0.3, 0.4) is 0 Å². The van der Waals surface area contributed by atoms with E-state index in [1.165, 1.54) is 4.90 Å². The van der Waals surface area contributed by atoms with Gasteiger partial charge in [0.15, 0.2) is 0 Å². The van der Waals surface area contributed by atoms with Gasteiger partial charge in [-0.1, -0.05) is 35.9 Å². The van der Waals surface area contributed by atoms with E-state index in [0.29, 0.717) is 16.3 Å². The summed E-state index contributed by atoms with van der Waals surface area (Å²) in [6.45, 7) is 0. The van der Waals surface area contributed by atoms with Gasteiger partial charge in [-0.3, -0.25) is 9.59 Å². The summed E-state index contributed by atoms with van der Waals surface area (Å²) >= 11 is 5.99. The molecular weight excluding hydrogens is 336 g/mol. The lowest BCUT2D eigenvalue weighted by Gasteiger charge is -2.13. The molecular formula is C20H15ClN2O2. The van der Waals surface area contributed by atoms with Crippen molar-refractivity contribution in [3.8, 4) is 0 Å². The SMILES string of the molecule is Cn1cc(/C=C2/CC(=O)N(c3cccc(Cl)c3)C2=O)c2ccccc21. The molecule has 0 spiro atoms. The van der Waals surface area contributed by atoms with Crippen molar-refractivity contribution >= 4 is 46.1 Å². The van der Waals surface area contributed by atoms with Gasteiger partial charge in [0.2, 0.25) is 5.91 Å². The minimum atomic E-state index is -0.291. The second-order valence-electron chi connectivity index (χ2n) is 6.07. The molecule has 0 bridgehead atoms. The maximum absolute atomic E-state index is 12.8. The zero-order valence-corrected chi connectivity index (χ0v) is 14.3. The molecule has 2 aromatic carbocycles. The predicted molar refractivity (Wildman–Crippen MR) is 99.5 cm³/mol. The molecule has 1 aromatic heterocycles. The van der Waals surface area contributed by atoms with Gasteiger partial charge in [0, 0.05) is 40.3 Å². The Labute approximate surface area is 149 Å². The molecule has 0 saturated carbocycles. The van der Waals surface area contributed by atoms with Crippen molar-refractivity contribution in [3.63, 3.8) is 0 Å². The van der Waals surface area contributed by atoms with Crippen molar-refractivity contribution in [2.24, 2.45) is 7.05 Å². The Kier molecular flexibility index (Phi) is 3.70. The van der Waals surface area contributed by atoms with Crippen LogP contribution in [0.5, 0.6) is 0 Å². The molecule has 25 heavy (non-hydrogen) atoms. The molecule has 2 heterocycles. The maximum Gasteiger partial charge on any atom is 0.261 e. The van der Waals surface area contributed by atoms with Crippen molar-refractivity contribution in [3.05, 3.63) is 70.9 Å². The van der Waals surface area contributed by atoms with E-state index in [0.717, 1.165) is 16.5 Å². The number of rotatable bonds is 2. The fourth-order valence-corrected chi connectivity index (χ4v) is 3.42. The highest BCUT2D eigenvalue weighted by Crippen LogP contribution is 2.30. The van der Waals surface area contributed by atoms with Crippen LogP contribution in [0.2, 0.25) is 5.02 Å². The van der Waals surface area contributed by atoms with E-state index >= 15 is 0 Å². The first-order chi connectivity index (χ1) is 12.0. The number of para-hydroxylation sites is 1. The molecule has 2 amide bonds. The molecule has 0 radical (unpaired) electrons. The summed E-state index contributed by atoms with van der Waals surface area (Å²) in [4.78, 5) is 26.3. The molecule has 4 rings (SSSR count). The maximum atomic E-state index is 12.8. The molecule has 1 aliphatic heterocycles. The number of fused-ring (bicyclic) bond motifs is 1. The lowest BCUT2D eigenvalue weighted by Crippen LogP contribution is -2.28. The standard InChI is InChI=1S/C20H15ClN2O2/c1-22-12-14(17-7-2-3-8-18(17)22)9-13-10-19(24)23(20(13)25)16-6-4-5-15(21)11-16/h2-9,11-12H,10H2,1H3/b13-9-. The van der Waals surface area contributed by atoms with Crippen molar-refractivity contribution < 1.29 is 9.59 Å². The van der Waals surface area contributed by atoms with Crippen molar-refractivity contribution in [2.45, 2.75) is 6.42 Å². The van der Waals surface area contributed by atoms with Gasteiger partial charge < -0.3 is 4.57 Å². The van der Waals surface area contributed by atoms with E-state index in [2.05, 4.69) is 0 Å². The summed E-state index contributed by atoms with van der Waals surface area (Å²) in [5, 5.41) is 1.54. The van der Waals surface area contributed by atoms with E-state index < -0.39 is 0 Å². The number of aryl methyl sites for hydroxylation is 1. The molecule has 1 aliphatic rings. The van der Waals surface area contributed by atoms with Gasteiger partial charge in [0.1, 0.15) is 0 Å². The number of imide groups is 1. The van der Waals surface area contributed by atoms with Gasteiger partial charge in [-0.05, 0) is 30.3 Å². The van der Waals surface area contributed by atoms with Crippen LogP contribution >= 0.6 is 11.6 Å². The Balaban J connectivity index is 1.75. The van der Waals surface area contributed by atoms with Crippen LogP contribution in [0.25, 0.3) is 17.0 Å². The summed E-state index contributed by atoms with van der Waals surface area (Å²) in [5.41, 5.74) is 3.00. The minimum absolute atomic E-state index is 0.0918. The fourth-order valence-electron chi connectivity index (χ4n) is 3.24. The number of aromatic nitrogens is 1. The van der Waals surface area contributed by atoms with E-state index in [1.54, 1.807) is 24.3 Å². The molecule has 1 fully saturated rings. The third kappa shape index (κ3) is 2.65. The molecule has 0 atom stereocenters. The highest BCUT2D eigenvalue weighted by molar-refractivity contribution is 6.32. The predicted octanol–water partition coefficient (Wildman–Crippen LogP) is 4.18. The minimum Gasteiger partial charge on any atom is -0.350 e. The number of anilines is 1. The highest BCUT2D eigenvalue weighted by atomic mass is 35.5. The van der Waals surface area contributed by atoms with Gasteiger partial charge in [-0.15, -0.1) is 0 Å². The van der Waals surface area contributed by atoms with E-state index in [9.17, 15) is 9.59 Å². The fraction of sp³-hybridized carbons (Fsp3) is 0.100. The van der Waals surface area contributed by atoms with Crippen molar-refractivity contribution in [2.75, 3.05) is 4.90 Å². The molecule has 5 heteroatoms. The molecule has 1 saturated heterocycles. The number of halogens is 1. The average Bonchev–Trinajstić information content (AvgIpc) is 3.05. The molecule has 4 nitrogen and oxygen atoms in total. The number of hydrogen-bond donors (Lipinski definition) is 0. The zero-order chi connectivity index (χ0) is 17.6. The number of carbonyl (C=O) groups excluding carboxylic acids is 2. The summed E-state index contributed by atoms with van der Waals surface area (Å²) < 4.78 is 2.01. The van der Waals surface area contributed by atoms with E-state index in [1.807, 2.05) is 48.2 Å². The Hall–Kier alpha value is -2.85. The van der Waals surface area contributed by atoms with Crippen molar-refractivity contribution in [1.29, 1.82) is 0 Å². The normalized spacial score (nSPS) is 16.4. The summed E-state index contributed by atoms with van der Waals surface area (Å²) in [7, 11) is 1.96. The van der Waals surface area contributed by atoms with E-state index in [4.69, 9.17) is 11.6 Å². The second-order valence-corrected chi connectivity index (χ2v) is 6.51. The largest absolute Gasteiger partial charge is 0.350 e. The Morgan fingerprint density at radius 2 is 1.88 bits per heavy atom. The van der Waals surface area contributed by atoms with Crippen LogP contribution in [0.1, 0.15) is 12.0 Å².